The number of aryl methyl sites for hydroxylation is 1. The van der Waals surface area contributed by atoms with Crippen LogP contribution in [0.25, 0.3) is 0 Å². The van der Waals surface area contributed by atoms with Gasteiger partial charge in [0.25, 0.3) is 0 Å². The summed E-state index contributed by atoms with van der Waals surface area (Å²) in [4.78, 5) is 2.29. The quantitative estimate of drug-likeness (QED) is 0.725. The second-order valence-corrected chi connectivity index (χ2v) is 7.44. The van der Waals surface area contributed by atoms with Gasteiger partial charge in [-0.05, 0) is 35.0 Å². The molecule has 0 saturated carbocycles. The summed E-state index contributed by atoms with van der Waals surface area (Å²) in [7, 11) is 3.82. The molecule has 122 valence electrons. The SMILES string of the molecule is CNCCn1nc(C)c(S(=O)(=O)N(C)CCN(C)C)c1C. The van der Waals surface area contributed by atoms with Crippen molar-refractivity contribution in [1.29, 1.82) is 0 Å². The minimum atomic E-state index is -3.50. The van der Waals surface area contributed by atoms with Crippen LogP contribution in [-0.2, 0) is 16.6 Å². The van der Waals surface area contributed by atoms with E-state index in [9.17, 15) is 8.42 Å². The fourth-order valence-corrected chi connectivity index (χ4v) is 3.63. The van der Waals surface area contributed by atoms with Crippen molar-refractivity contribution in [3.8, 4) is 0 Å². The van der Waals surface area contributed by atoms with Crippen LogP contribution in [0.3, 0.4) is 0 Å². The molecule has 0 radical (unpaired) electrons. The van der Waals surface area contributed by atoms with Crippen LogP contribution in [0.5, 0.6) is 0 Å². The van der Waals surface area contributed by atoms with Crippen molar-refractivity contribution in [2.45, 2.75) is 25.3 Å². The van der Waals surface area contributed by atoms with Gasteiger partial charge in [-0.2, -0.15) is 9.40 Å². The van der Waals surface area contributed by atoms with E-state index in [-0.39, 0.29) is 0 Å². The van der Waals surface area contributed by atoms with E-state index in [1.54, 1.807) is 18.7 Å². The number of likely N-dealkylation sites (N-methyl/N-ethyl adjacent to an activating group) is 3. The molecule has 0 fully saturated rings. The number of hydrogen-bond donors (Lipinski definition) is 1. The molecule has 1 N–H and O–H groups in total. The summed E-state index contributed by atoms with van der Waals surface area (Å²) in [6.07, 6.45) is 0. The predicted octanol–water partition coefficient (Wildman–Crippen LogP) is -0.0986. The van der Waals surface area contributed by atoms with E-state index in [0.29, 0.717) is 35.9 Å². The minimum Gasteiger partial charge on any atom is -0.318 e. The van der Waals surface area contributed by atoms with E-state index in [0.717, 1.165) is 6.54 Å². The van der Waals surface area contributed by atoms with Crippen molar-refractivity contribution in [1.82, 2.24) is 24.3 Å². The molecule has 0 unspecified atom stereocenters. The van der Waals surface area contributed by atoms with E-state index in [2.05, 4.69) is 10.4 Å². The van der Waals surface area contributed by atoms with Crippen molar-refractivity contribution < 1.29 is 8.42 Å². The van der Waals surface area contributed by atoms with Crippen molar-refractivity contribution >= 4 is 10.0 Å². The molecule has 0 saturated heterocycles. The van der Waals surface area contributed by atoms with Gasteiger partial charge in [0, 0.05) is 26.7 Å². The highest BCUT2D eigenvalue weighted by Crippen LogP contribution is 2.22. The topological polar surface area (TPSA) is 70.5 Å². The van der Waals surface area contributed by atoms with Gasteiger partial charge < -0.3 is 10.2 Å². The van der Waals surface area contributed by atoms with Gasteiger partial charge in [-0.25, -0.2) is 8.42 Å². The molecule has 0 amide bonds. The largest absolute Gasteiger partial charge is 0.318 e. The molecule has 0 aliphatic carbocycles. The molecule has 0 atom stereocenters. The maximum Gasteiger partial charge on any atom is 0.246 e. The van der Waals surface area contributed by atoms with Gasteiger partial charge in [0.05, 0.1) is 17.9 Å². The lowest BCUT2D eigenvalue weighted by atomic mass is 10.4. The zero-order chi connectivity index (χ0) is 16.2. The van der Waals surface area contributed by atoms with Gasteiger partial charge in [-0.3, -0.25) is 4.68 Å². The molecule has 0 aliphatic heterocycles. The van der Waals surface area contributed by atoms with E-state index in [1.807, 2.05) is 33.0 Å². The summed E-state index contributed by atoms with van der Waals surface area (Å²) < 4.78 is 28.6. The Labute approximate surface area is 128 Å². The maximum atomic E-state index is 12.7. The zero-order valence-electron chi connectivity index (χ0n) is 13.8. The summed E-state index contributed by atoms with van der Waals surface area (Å²) >= 11 is 0. The van der Waals surface area contributed by atoms with E-state index in [4.69, 9.17) is 0 Å². The van der Waals surface area contributed by atoms with Gasteiger partial charge in [0.2, 0.25) is 10.0 Å². The number of sulfonamides is 1. The van der Waals surface area contributed by atoms with Crippen LogP contribution in [0, 0.1) is 13.8 Å². The van der Waals surface area contributed by atoms with Gasteiger partial charge in [0.15, 0.2) is 0 Å². The van der Waals surface area contributed by atoms with E-state index >= 15 is 0 Å². The molecule has 7 nitrogen and oxygen atoms in total. The summed E-state index contributed by atoms with van der Waals surface area (Å²) in [6.45, 7) is 6.09. The first-order chi connectivity index (χ1) is 9.71. The fraction of sp³-hybridized carbons (Fsp3) is 0.769. The Balaban J connectivity index is 3.05. The number of rotatable bonds is 8. The first-order valence-electron chi connectivity index (χ1n) is 7.01. The van der Waals surface area contributed by atoms with Crippen LogP contribution in [0.1, 0.15) is 11.4 Å². The Kier molecular flexibility index (Phi) is 6.33. The lowest BCUT2D eigenvalue weighted by Gasteiger charge is -2.19. The number of nitrogens with zero attached hydrogens (tertiary/aromatic N) is 4. The molecule has 0 aliphatic rings. The minimum absolute atomic E-state index is 0.333. The third-order valence-corrected chi connectivity index (χ3v) is 5.53. The summed E-state index contributed by atoms with van der Waals surface area (Å²) in [6, 6.07) is 0. The standard InChI is InChI=1S/C13H27N5O2S/c1-11-13(12(2)18(15-11)8-7-14-3)21(19,20)17(6)10-9-16(4)5/h14H,7-10H2,1-6H3. The summed E-state index contributed by atoms with van der Waals surface area (Å²) in [5, 5.41) is 7.39. The highest BCUT2D eigenvalue weighted by atomic mass is 32.2. The molecule has 1 heterocycles. The average Bonchev–Trinajstić information content (AvgIpc) is 2.68. The Morgan fingerprint density at radius 3 is 2.33 bits per heavy atom. The van der Waals surface area contributed by atoms with Crippen molar-refractivity contribution in [2.75, 3.05) is 47.8 Å². The fourth-order valence-electron chi connectivity index (χ4n) is 2.11. The van der Waals surface area contributed by atoms with Crippen molar-refractivity contribution in [2.24, 2.45) is 0 Å². The van der Waals surface area contributed by atoms with Gasteiger partial charge in [-0.1, -0.05) is 0 Å². The summed E-state index contributed by atoms with van der Waals surface area (Å²) in [5.41, 5.74) is 1.25. The molecule has 0 aromatic carbocycles. The predicted molar refractivity (Wildman–Crippen MR) is 84.0 cm³/mol. The third-order valence-electron chi connectivity index (χ3n) is 3.42. The first kappa shape index (κ1) is 18.1. The first-order valence-corrected chi connectivity index (χ1v) is 8.45. The van der Waals surface area contributed by atoms with Crippen LogP contribution in [0.4, 0.5) is 0 Å². The smallest absolute Gasteiger partial charge is 0.246 e. The maximum absolute atomic E-state index is 12.7. The molecule has 0 spiro atoms. The molecular formula is C13H27N5O2S. The van der Waals surface area contributed by atoms with E-state index in [1.165, 1.54) is 4.31 Å². The normalized spacial score (nSPS) is 12.6. The van der Waals surface area contributed by atoms with Gasteiger partial charge in [0.1, 0.15) is 4.90 Å². The zero-order valence-corrected chi connectivity index (χ0v) is 14.7. The molecule has 1 rings (SSSR count). The summed E-state index contributed by atoms with van der Waals surface area (Å²) in [5.74, 6) is 0. The van der Waals surface area contributed by atoms with Crippen LogP contribution in [0.2, 0.25) is 0 Å². The Hall–Kier alpha value is -0.960. The molecule has 1 aromatic heterocycles. The second kappa shape index (κ2) is 7.35. The molecular weight excluding hydrogens is 290 g/mol. The van der Waals surface area contributed by atoms with E-state index < -0.39 is 10.0 Å². The number of hydrogen-bond acceptors (Lipinski definition) is 5. The lowest BCUT2D eigenvalue weighted by molar-refractivity contribution is 0.358. The van der Waals surface area contributed by atoms with Gasteiger partial charge in [-0.15, -0.1) is 0 Å². The molecule has 0 bridgehead atoms. The Morgan fingerprint density at radius 1 is 1.19 bits per heavy atom. The second-order valence-electron chi connectivity index (χ2n) is 5.46. The average molecular weight is 317 g/mol. The Morgan fingerprint density at radius 2 is 1.81 bits per heavy atom. The van der Waals surface area contributed by atoms with Crippen LogP contribution < -0.4 is 5.32 Å². The number of aromatic nitrogens is 2. The highest BCUT2D eigenvalue weighted by molar-refractivity contribution is 7.89. The van der Waals surface area contributed by atoms with Gasteiger partial charge >= 0.3 is 0 Å². The van der Waals surface area contributed by atoms with Crippen LogP contribution in [-0.4, -0.2) is 75.2 Å². The highest BCUT2D eigenvalue weighted by Gasteiger charge is 2.28. The van der Waals surface area contributed by atoms with Crippen molar-refractivity contribution in [3.63, 3.8) is 0 Å². The monoisotopic (exact) mass is 317 g/mol. The Bertz CT molecular complexity index is 565. The molecule has 21 heavy (non-hydrogen) atoms. The third kappa shape index (κ3) is 4.26. The molecule has 8 heteroatoms. The van der Waals surface area contributed by atoms with Crippen LogP contribution in [0.15, 0.2) is 4.90 Å². The van der Waals surface area contributed by atoms with Crippen molar-refractivity contribution in [3.05, 3.63) is 11.4 Å². The van der Waals surface area contributed by atoms with Crippen LogP contribution >= 0.6 is 0 Å². The molecule has 1 aromatic rings. The lowest BCUT2D eigenvalue weighted by Crippen LogP contribution is -2.34. The number of nitrogens with one attached hydrogen (secondary N) is 1.